The second kappa shape index (κ2) is 8.12. The lowest BCUT2D eigenvalue weighted by molar-refractivity contribution is -0.130. The summed E-state index contributed by atoms with van der Waals surface area (Å²) in [4.78, 5) is 13.9. The molecule has 4 nitrogen and oxygen atoms in total. The number of hydrogen-bond acceptors (Lipinski definition) is 3. The first-order valence-corrected chi connectivity index (χ1v) is 6.82. The molecule has 0 radical (unpaired) electrons. The van der Waals surface area contributed by atoms with Gasteiger partial charge in [-0.15, -0.1) is 12.4 Å². The standard InChI is InChI=1S/C15H22N2O2.ClH/c1-17(10-12-8-9-19-11-12)15(18)7-6-13-4-2-3-5-14(13)16;/h2-5,12H,6-11,16H2,1H3;1H. The van der Waals surface area contributed by atoms with Gasteiger partial charge in [0.15, 0.2) is 0 Å². The first kappa shape index (κ1) is 16.8. The molecular formula is C15H23ClN2O2. The fourth-order valence-electron chi connectivity index (χ4n) is 2.41. The summed E-state index contributed by atoms with van der Waals surface area (Å²) in [6, 6.07) is 7.72. The van der Waals surface area contributed by atoms with Crippen molar-refractivity contribution in [2.75, 3.05) is 32.5 Å². The van der Waals surface area contributed by atoms with Crippen molar-refractivity contribution >= 4 is 24.0 Å². The predicted molar refractivity (Wildman–Crippen MR) is 83.0 cm³/mol. The van der Waals surface area contributed by atoms with Crippen LogP contribution in [0.4, 0.5) is 5.69 Å². The van der Waals surface area contributed by atoms with Crippen molar-refractivity contribution in [3.8, 4) is 0 Å². The zero-order chi connectivity index (χ0) is 13.7. The largest absolute Gasteiger partial charge is 0.399 e. The highest BCUT2D eigenvalue weighted by molar-refractivity contribution is 5.85. The Morgan fingerprint density at radius 3 is 2.85 bits per heavy atom. The van der Waals surface area contributed by atoms with E-state index in [1.165, 1.54) is 0 Å². The van der Waals surface area contributed by atoms with Crippen molar-refractivity contribution in [3.05, 3.63) is 29.8 Å². The molecule has 1 amide bonds. The smallest absolute Gasteiger partial charge is 0.222 e. The van der Waals surface area contributed by atoms with Crippen molar-refractivity contribution in [1.29, 1.82) is 0 Å². The molecule has 0 saturated carbocycles. The number of hydrogen-bond donors (Lipinski definition) is 1. The van der Waals surface area contributed by atoms with E-state index in [0.717, 1.165) is 37.4 Å². The minimum atomic E-state index is 0. The molecule has 5 heteroatoms. The van der Waals surface area contributed by atoms with Crippen LogP contribution in [0.25, 0.3) is 0 Å². The minimum Gasteiger partial charge on any atom is -0.399 e. The number of carbonyl (C=O) groups is 1. The lowest BCUT2D eigenvalue weighted by Crippen LogP contribution is -2.32. The van der Waals surface area contributed by atoms with Crippen LogP contribution >= 0.6 is 12.4 Å². The Hall–Kier alpha value is -1.26. The molecule has 1 fully saturated rings. The molecule has 1 saturated heterocycles. The van der Waals surface area contributed by atoms with Crippen LogP contribution in [-0.4, -0.2) is 37.6 Å². The molecule has 1 aromatic rings. The topological polar surface area (TPSA) is 55.6 Å². The summed E-state index contributed by atoms with van der Waals surface area (Å²) in [6.07, 6.45) is 2.28. The Morgan fingerprint density at radius 1 is 1.45 bits per heavy atom. The summed E-state index contributed by atoms with van der Waals surface area (Å²) in [7, 11) is 1.87. The van der Waals surface area contributed by atoms with Gasteiger partial charge in [-0.3, -0.25) is 4.79 Å². The molecule has 2 N–H and O–H groups in total. The predicted octanol–water partition coefficient (Wildman–Crippen LogP) is 2.12. The highest BCUT2D eigenvalue weighted by Crippen LogP contribution is 2.15. The number of halogens is 1. The van der Waals surface area contributed by atoms with Crippen molar-refractivity contribution < 1.29 is 9.53 Å². The third-order valence-corrected chi connectivity index (χ3v) is 3.65. The zero-order valence-corrected chi connectivity index (χ0v) is 12.7. The van der Waals surface area contributed by atoms with Gasteiger partial charge in [0.1, 0.15) is 0 Å². The lowest BCUT2D eigenvalue weighted by atomic mass is 10.1. The van der Waals surface area contributed by atoms with E-state index < -0.39 is 0 Å². The normalized spacial score (nSPS) is 17.6. The molecule has 1 heterocycles. The van der Waals surface area contributed by atoms with Crippen molar-refractivity contribution in [2.45, 2.75) is 19.3 Å². The van der Waals surface area contributed by atoms with E-state index in [2.05, 4.69) is 0 Å². The van der Waals surface area contributed by atoms with Gasteiger partial charge >= 0.3 is 0 Å². The average molecular weight is 299 g/mol. The Labute approximate surface area is 126 Å². The molecule has 1 atom stereocenters. The fourth-order valence-corrected chi connectivity index (χ4v) is 2.41. The Bertz CT molecular complexity index is 434. The number of carbonyl (C=O) groups excluding carboxylic acids is 1. The van der Waals surface area contributed by atoms with Gasteiger partial charge in [0.25, 0.3) is 0 Å². The number of anilines is 1. The number of nitrogens with two attached hydrogens (primary N) is 1. The zero-order valence-electron chi connectivity index (χ0n) is 11.9. The van der Waals surface area contributed by atoms with Crippen LogP contribution in [-0.2, 0) is 16.0 Å². The maximum atomic E-state index is 12.1. The van der Waals surface area contributed by atoms with Crippen LogP contribution in [0.1, 0.15) is 18.4 Å². The van der Waals surface area contributed by atoms with E-state index in [4.69, 9.17) is 10.5 Å². The monoisotopic (exact) mass is 298 g/mol. The van der Waals surface area contributed by atoms with E-state index >= 15 is 0 Å². The summed E-state index contributed by atoms with van der Waals surface area (Å²) < 4.78 is 5.33. The van der Waals surface area contributed by atoms with Gasteiger partial charge < -0.3 is 15.4 Å². The van der Waals surface area contributed by atoms with E-state index in [1.807, 2.05) is 36.2 Å². The number of aryl methyl sites for hydroxylation is 1. The van der Waals surface area contributed by atoms with Crippen LogP contribution < -0.4 is 5.73 Å². The summed E-state index contributed by atoms with van der Waals surface area (Å²) in [6.45, 7) is 2.40. The fraction of sp³-hybridized carbons (Fsp3) is 0.533. The second-order valence-electron chi connectivity index (χ2n) is 5.20. The third-order valence-electron chi connectivity index (χ3n) is 3.65. The number of rotatable bonds is 5. The van der Waals surface area contributed by atoms with E-state index in [1.54, 1.807) is 0 Å². The maximum Gasteiger partial charge on any atom is 0.222 e. The molecule has 1 aliphatic heterocycles. The van der Waals surface area contributed by atoms with Crippen LogP contribution in [0.5, 0.6) is 0 Å². The highest BCUT2D eigenvalue weighted by Gasteiger charge is 2.19. The van der Waals surface area contributed by atoms with Crippen LogP contribution in [0.15, 0.2) is 24.3 Å². The number of amides is 1. The Kier molecular flexibility index (Phi) is 6.82. The molecule has 1 aliphatic rings. The SMILES string of the molecule is CN(CC1CCOC1)C(=O)CCc1ccccc1N.Cl. The van der Waals surface area contributed by atoms with Gasteiger partial charge in [0.2, 0.25) is 5.91 Å². The Balaban J connectivity index is 0.00000200. The van der Waals surface area contributed by atoms with Crippen molar-refractivity contribution in [1.82, 2.24) is 4.90 Å². The molecule has 2 rings (SSSR count). The average Bonchev–Trinajstić information content (AvgIpc) is 2.90. The van der Waals surface area contributed by atoms with Gasteiger partial charge in [-0.1, -0.05) is 18.2 Å². The molecule has 0 spiro atoms. The summed E-state index contributed by atoms with van der Waals surface area (Å²) >= 11 is 0. The highest BCUT2D eigenvalue weighted by atomic mass is 35.5. The minimum absolute atomic E-state index is 0. The van der Waals surface area contributed by atoms with Gasteiger partial charge in [-0.2, -0.15) is 0 Å². The molecule has 20 heavy (non-hydrogen) atoms. The first-order chi connectivity index (χ1) is 9.16. The summed E-state index contributed by atoms with van der Waals surface area (Å²) in [5, 5.41) is 0. The number of nitrogens with zero attached hydrogens (tertiary/aromatic N) is 1. The van der Waals surface area contributed by atoms with E-state index in [0.29, 0.717) is 18.8 Å². The van der Waals surface area contributed by atoms with Gasteiger partial charge in [-0.05, 0) is 24.5 Å². The Morgan fingerprint density at radius 2 is 2.20 bits per heavy atom. The summed E-state index contributed by atoms with van der Waals surface area (Å²) in [5.74, 6) is 0.672. The third kappa shape index (κ3) is 4.69. The summed E-state index contributed by atoms with van der Waals surface area (Å²) in [5.41, 5.74) is 7.69. The van der Waals surface area contributed by atoms with Crippen molar-refractivity contribution in [3.63, 3.8) is 0 Å². The molecule has 1 unspecified atom stereocenters. The van der Waals surface area contributed by atoms with Gasteiger partial charge in [0, 0.05) is 38.2 Å². The van der Waals surface area contributed by atoms with Crippen LogP contribution in [0, 0.1) is 5.92 Å². The maximum absolute atomic E-state index is 12.1. The first-order valence-electron chi connectivity index (χ1n) is 6.82. The number of nitrogen functional groups attached to an aromatic ring is 1. The van der Waals surface area contributed by atoms with E-state index in [-0.39, 0.29) is 18.3 Å². The quantitative estimate of drug-likeness (QED) is 0.847. The lowest BCUT2D eigenvalue weighted by Gasteiger charge is -2.20. The van der Waals surface area contributed by atoms with E-state index in [9.17, 15) is 4.79 Å². The molecular weight excluding hydrogens is 276 g/mol. The van der Waals surface area contributed by atoms with Crippen LogP contribution in [0.3, 0.4) is 0 Å². The van der Waals surface area contributed by atoms with Gasteiger partial charge in [0.05, 0.1) is 6.61 Å². The van der Waals surface area contributed by atoms with Gasteiger partial charge in [-0.25, -0.2) is 0 Å². The molecule has 0 bridgehead atoms. The number of ether oxygens (including phenoxy) is 1. The van der Waals surface area contributed by atoms with Crippen molar-refractivity contribution in [2.24, 2.45) is 5.92 Å². The van der Waals surface area contributed by atoms with Crippen LogP contribution in [0.2, 0.25) is 0 Å². The number of benzene rings is 1. The molecule has 1 aromatic carbocycles. The molecule has 0 aliphatic carbocycles. The molecule has 112 valence electrons. The molecule has 0 aromatic heterocycles. The number of para-hydroxylation sites is 1. The second-order valence-corrected chi connectivity index (χ2v) is 5.20.